The van der Waals surface area contributed by atoms with Crippen LogP contribution in [0.3, 0.4) is 0 Å². The van der Waals surface area contributed by atoms with Gasteiger partial charge in [0, 0.05) is 19.1 Å². The maximum atomic E-state index is 12.5. The molecule has 150 valence electrons. The van der Waals surface area contributed by atoms with Gasteiger partial charge in [0.2, 0.25) is 0 Å². The first kappa shape index (κ1) is 21.4. The van der Waals surface area contributed by atoms with E-state index in [1.807, 2.05) is 32.0 Å². The van der Waals surface area contributed by atoms with Crippen molar-refractivity contribution in [2.75, 3.05) is 25.5 Å². The second-order valence-electron chi connectivity index (χ2n) is 7.13. The summed E-state index contributed by atoms with van der Waals surface area (Å²) in [6, 6.07) is 17.0. The summed E-state index contributed by atoms with van der Waals surface area (Å²) in [6.45, 7) is 6.10. The predicted molar refractivity (Wildman–Crippen MR) is 113 cm³/mol. The van der Waals surface area contributed by atoms with Crippen LogP contribution in [0.25, 0.3) is 0 Å². The van der Waals surface area contributed by atoms with Gasteiger partial charge >= 0.3 is 6.03 Å². The van der Waals surface area contributed by atoms with Crippen LogP contribution in [-0.2, 0) is 6.54 Å². The van der Waals surface area contributed by atoms with Crippen LogP contribution >= 0.6 is 0 Å². The largest absolute Gasteiger partial charge is 0.352 e. The van der Waals surface area contributed by atoms with Gasteiger partial charge in [-0.25, -0.2) is 4.79 Å². The predicted octanol–water partition coefficient (Wildman–Crippen LogP) is 3.47. The van der Waals surface area contributed by atoms with E-state index in [9.17, 15) is 9.59 Å². The highest BCUT2D eigenvalue weighted by molar-refractivity contribution is 6.03. The summed E-state index contributed by atoms with van der Waals surface area (Å²) in [5.41, 5.74) is 2.23. The van der Waals surface area contributed by atoms with Crippen LogP contribution in [-0.4, -0.2) is 43.0 Å². The number of carbonyl (C=O) groups is 2. The van der Waals surface area contributed by atoms with Crippen molar-refractivity contribution in [1.82, 2.24) is 15.5 Å². The van der Waals surface area contributed by atoms with Gasteiger partial charge in [0.05, 0.1) is 11.3 Å². The topological polar surface area (TPSA) is 73.5 Å². The molecule has 3 amide bonds. The van der Waals surface area contributed by atoms with E-state index in [0.717, 1.165) is 19.5 Å². The molecule has 0 bridgehead atoms. The van der Waals surface area contributed by atoms with Crippen LogP contribution in [0.2, 0.25) is 0 Å². The molecule has 3 N–H and O–H groups in total. The number of para-hydroxylation sites is 1. The maximum absolute atomic E-state index is 12.5. The van der Waals surface area contributed by atoms with Crippen molar-refractivity contribution in [3.8, 4) is 0 Å². The van der Waals surface area contributed by atoms with Crippen LogP contribution in [0.1, 0.15) is 36.2 Å². The first-order valence-electron chi connectivity index (χ1n) is 9.63. The number of anilines is 1. The lowest BCUT2D eigenvalue weighted by molar-refractivity contribution is 0.0952. The van der Waals surface area contributed by atoms with Gasteiger partial charge < -0.3 is 20.9 Å². The number of hydrogen-bond donors (Lipinski definition) is 3. The molecule has 0 spiro atoms. The summed E-state index contributed by atoms with van der Waals surface area (Å²) in [4.78, 5) is 26.7. The van der Waals surface area contributed by atoms with Gasteiger partial charge in [0.25, 0.3) is 5.91 Å². The maximum Gasteiger partial charge on any atom is 0.319 e. The number of amides is 3. The van der Waals surface area contributed by atoms with Gasteiger partial charge in [-0.15, -0.1) is 0 Å². The fraction of sp³-hybridized carbons (Fsp3) is 0.364. The van der Waals surface area contributed by atoms with E-state index in [1.54, 1.807) is 24.3 Å². The van der Waals surface area contributed by atoms with Gasteiger partial charge in [-0.1, -0.05) is 42.5 Å². The van der Waals surface area contributed by atoms with E-state index in [-0.39, 0.29) is 18.0 Å². The molecule has 0 fully saturated rings. The number of hydrogen-bond acceptors (Lipinski definition) is 3. The van der Waals surface area contributed by atoms with Crippen LogP contribution in [0.4, 0.5) is 10.5 Å². The Balaban J connectivity index is 1.79. The minimum atomic E-state index is -0.321. The lowest BCUT2D eigenvalue weighted by Gasteiger charge is -2.17. The molecule has 0 aliphatic carbocycles. The number of carbonyl (C=O) groups excluding carboxylic acids is 2. The molecule has 2 aromatic rings. The lowest BCUT2D eigenvalue weighted by atomic mass is 10.1. The molecular formula is C22H30N4O2. The molecule has 0 saturated carbocycles. The molecule has 0 saturated heterocycles. The van der Waals surface area contributed by atoms with Gasteiger partial charge in [-0.3, -0.25) is 4.79 Å². The molecule has 0 radical (unpaired) electrons. The molecule has 6 nitrogen and oxygen atoms in total. The Kier molecular flexibility index (Phi) is 8.49. The van der Waals surface area contributed by atoms with Crippen molar-refractivity contribution in [2.24, 2.45) is 0 Å². The molecule has 2 aromatic carbocycles. The molecular weight excluding hydrogens is 352 g/mol. The second kappa shape index (κ2) is 11.1. The second-order valence-corrected chi connectivity index (χ2v) is 7.13. The highest BCUT2D eigenvalue weighted by Crippen LogP contribution is 2.15. The Morgan fingerprint density at radius 2 is 1.68 bits per heavy atom. The summed E-state index contributed by atoms with van der Waals surface area (Å²) in [7, 11) is 2.07. The molecule has 0 atom stereocenters. The molecule has 0 heterocycles. The van der Waals surface area contributed by atoms with Crippen molar-refractivity contribution in [1.29, 1.82) is 0 Å². The fourth-order valence-electron chi connectivity index (χ4n) is 2.83. The van der Waals surface area contributed by atoms with Crippen molar-refractivity contribution >= 4 is 17.6 Å². The molecule has 0 aromatic heterocycles. The van der Waals surface area contributed by atoms with Crippen LogP contribution in [0.5, 0.6) is 0 Å². The van der Waals surface area contributed by atoms with Gasteiger partial charge in [-0.2, -0.15) is 0 Å². The summed E-state index contributed by atoms with van der Waals surface area (Å²) in [5, 5.41) is 8.43. The van der Waals surface area contributed by atoms with E-state index in [0.29, 0.717) is 17.8 Å². The average Bonchev–Trinajstić information content (AvgIpc) is 2.65. The van der Waals surface area contributed by atoms with E-state index in [2.05, 4.69) is 40.0 Å². The molecule has 6 heteroatoms. The number of benzene rings is 2. The lowest BCUT2D eigenvalue weighted by Crippen LogP contribution is -2.35. The number of urea groups is 1. The highest BCUT2D eigenvalue weighted by atomic mass is 16.2. The molecule has 0 aliphatic heterocycles. The van der Waals surface area contributed by atoms with Crippen LogP contribution in [0, 0.1) is 0 Å². The fourth-order valence-corrected chi connectivity index (χ4v) is 2.83. The van der Waals surface area contributed by atoms with E-state index in [1.165, 1.54) is 5.56 Å². The summed E-state index contributed by atoms with van der Waals surface area (Å²) in [6.07, 6.45) is 0.846. The van der Waals surface area contributed by atoms with Crippen LogP contribution in [0.15, 0.2) is 54.6 Å². The quantitative estimate of drug-likeness (QED) is 0.582. The average molecular weight is 383 g/mol. The molecule has 28 heavy (non-hydrogen) atoms. The van der Waals surface area contributed by atoms with E-state index in [4.69, 9.17) is 0 Å². The normalized spacial score (nSPS) is 10.8. The zero-order valence-electron chi connectivity index (χ0n) is 16.9. The summed E-state index contributed by atoms with van der Waals surface area (Å²) in [5.74, 6) is -0.189. The van der Waals surface area contributed by atoms with Gasteiger partial charge in [-0.05, 0) is 51.6 Å². The molecule has 0 unspecified atom stereocenters. The Morgan fingerprint density at radius 1 is 1.00 bits per heavy atom. The van der Waals surface area contributed by atoms with E-state index < -0.39 is 0 Å². The SMILES string of the molecule is CC(C)NC(=O)Nc1ccccc1C(=O)NCCCN(C)Cc1ccccc1. The minimum Gasteiger partial charge on any atom is -0.352 e. The Morgan fingerprint density at radius 3 is 2.39 bits per heavy atom. The smallest absolute Gasteiger partial charge is 0.319 e. The first-order chi connectivity index (χ1) is 13.5. The Bertz CT molecular complexity index is 762. The third-order valence-electron chi connectivity index (χ3n) is 4.14. The zero-order chi connectivity index (χ0) is 20.4. The van der Waals surface area contributed by atoms with Crippen molar-refractivity contribution in [2.45, 2.75) is 32.9 Å². The zero-order valence-corrected chi connectivity index (χ0v) is 16.9. The minimum absolute atomic E-state index is 0.0221. The molecule has 2 rings (SSSR count). The third kappa shape index (κ3) is 7.40. The number of nitrogens with one attached hydrogen (secondary N) is 3. The summed E-state index contributed by atoms with van der Waals surface area (Å²) >= 11 is 0. The summed E-state index contributed by atoms with van der Waals surface area (Å²) < 4.78 is 0. The van der Waals surface area contributed by atoms with Gasteiger partial charge in [0.1, 0.15) is 0 Å². The van der Waals surface area contributed by atoms with Crippen molar-refractivity contribution < 1.29 is 9.59 Å². The van der Waals surface area contributed by atoms with E-state index >= 15 is 0 Å². The number of nitrogens with zero attached hydrogens (tertiary/aromatic N) is 1. The van der Waals surface area contributed by atoms with Gasteiger partial charge in [0.15, 0.2) is 0 Å². The first-order valence-corrected chi connectivity index (χ1v) is 9.63. The standard InChI is InChI=1S/C22H30N4O2/c1-17(2)24-22(28)25-20-13-8-7-12-19(20)21(27)23-14-9-15-26(3)16-18-10-5-4-6-11-18/h4-8,10-13,17H,9,14-16H2,1-3H3,(H,23,27)(H2,24,25,28). The monoisotopic (exact) mass is 382 g/mol. The molecule has 0 aliphatic rings. The van der Waals surface area contributed by atoms with Crippen LogP contribution < -0.4 is 16.0 Å². The Labute approximate surface area is 167 Å². The number of rotatable bonds is 9. The Hall–Kier alpha value is -2.86. The van der Waals surface area contributed by atoms with Crippen molar-refractivity contribution in [3.63, 3.8) is 0 Å². The highest BCUT2D eigenvalue weighted by Gasteiger charge is 2.13. The third-order valence-corrected chi connectivity index (χ3v) is 4.14. The van der Waals surface area contributed by atoms with Crippen molar-refractivity contribution in [3.05, 3.63) is 65.7 Å².